The summed E-state index contributed by atoms with van der Waals surface area (Å²) in [5, 5.41) is 11.8. The molecule has 2 N–H and O–H groups in total. The highest BCUT2D eigenvalue weighted by atomic mass is 16.4. The summed E-state index contributed by atoms with van der Waals surface area (Å²) in [5.41, 5.74) is 2.87. The average molecular weight is 259 g/mol. The van der Waals surface area contributed by atoms with Crippen LogP contribution in [0.2, 0.25) is 0 Å². The first-order valence-electron chi connectivity index (χ1n) is 6.27. The number of carboxylic acid groups (broad SMARTS) is 1. The van der Waals surface area contributed by atoms with Gasteiger partial charge in [-0.25, -0.2) is 4.79 Å². The number of carbonyl (C=O) groups is 2. The van der Waals surface area contributed by atoms with Gasteiger partial charge in [0.05, 0.1) is 0 Å². The molecule has 0 aliphatic heterocycles. The van der Waals surface area contributed by atoms with Gasteiger partial charge in [-0.2, -0.15) is 0 Å². The number of aliphatic carboxylic acids is 1. The van der Waals surface area contributed by atoms with Gasteiger partial charge in [0.15, 0.2) is 0 Å². The average Bonchev–Trinajstić information content (AvgIpc) is 2.78. The number of hydrogen-bond donors (Lipinski definition) is 2. The Bertz CT molecular complexity index is 535. The Morgan fingerprint density at radius 3 is 2.11 bits per heavy atom. The minimum absolute atomic E-state index is 0.0569. The van der Waals surface area contributed by atoms with Crippen LogP contribution in [0.15, 0.2) is 35.4 Å². The zero-order valence-corrected chi connectivity index (χ0v) is 11.1. The topological polar surface area (TPSA) is 66.4 Å². The van der Waals surface area contributed by atoms with E-state index in [1.54, 1.807) is 6.92 Å². The van der Waals surface area contributed by atoms with E-state index in [1.807, 2.05) is 12.1 Å². The van der Waals surface area contributed by atoms with Crippen molar-refractivity contribution in [2.24, 2.45) is 0 Å². The van der Waals surface area contributed by atoms with Gasteiger partial charge in [0, 0.05) is 17.2 Å². The predicted molar refractivity (Wildman–Crippen MR) is 71.8 cm³/mol. The monoisotopic (exact) mass is 259 g/mol. The van der Waals surface area contributed by atoms with E-state index in [0.29, 0.717) is 0 Å². The summed E-state index contributed by atoms with van der Waals surface area (Å²) in [5.74, 6) is -1.35. The van der Waals surface area contributed by atoms with E-state index in [2.05, 4.69) is 17.4 Å². The molecule has 0 fully saturated rings. The van der Waals surface area contributed by atoms with E-state index < -0.39 is 5.97 Å². The van der Waals surface area contributed by atoms with Gasteiger partial charge in [0.1, 0.15) is 0 Å². The van der Waals surface area contributed by atoms with Crippen LogP contribution in [0.25, 0.3) is 0 Å². The van der Waals surface area contributed by atoms with Crippen LogP contribution in [-0.4, -0.2) is 23.0 Å². The fourth-order valence-corrected chi connectivity index (χ4v) is 2.29. The molecule has 1 amide bonds. The molecular formula is C15H17NO3. The molecule has 19 heavy (non-hydrogen) atoms. The molecule has 1 aliphatic rings. The Balaban J connectivity index is 2.03. The Labute approximate surface area is 112 Å². The minimum atomic E-state index is -1.05. The highest BCUT2D eigenvalue weighted by Gasteiger charge is 2.23. The Kier molecular flexibility index (Phi) is 3.69. The van der Waals surface area contributed by atoms with E-state index in [9.17, 15) is 9.59 Å². The second-order valence-corrected chi connectivity index (χ2v) is 4.90. The molecule has 100 valence electrons. The number of rotatable bonds is 3. The summed E-state index contributed by atoms with van der Waals surface area (Å²) >= 11 is 0. The van der Waals surface area contributed by atoms with E-state index in [-0.39, 0.29) is 23.1 Å². The van der Waals surface area contributed by atoms with Crippen LogP contribution in [0.3, 0.4) is 0 Å². The van der Waals surface area contributed by atoms with Crippen LogP contribution < -0.4 is 5.32 Å². The Hall–Kier alpha value is -2.10. The summed E-state index contributed by atoms with van der Waals surface area (Å²) in [4.78, 5) is 22.8. The molecule has 0 radical (unpaired) electrons. The predicted octanol–water partition coefficient (Wildman–Crippen LogP) is 1.69. The molecule has 0 spiro atoms. The summed E-state index contributed by atoms with van der Waals surface area (Å²) in [6, 6.07) is 8.16. The Morgan fingerprint density at radius 2 is 1.63 bits per heavy atom. The number of hydrogen-bond acceptors (Lipinski definition) is 2. The summed E-state index contributed by atoms with van der Waals surface area (Å²) in [7, 11) is 0. The lowest BCUT2D eigenvalue weighted by molar-refractivity contribution is -0.133. The number of fused-ring (bicyclic) bond motifs is 1. The first-order valence-corrected chi connectivity index (χ1v) is 6.27. The number of carbonyl (C=O) groups excluding carboxylic acids is 1. The first-order chi connectivity index (χ1) is 8.99. The van der Waals surface area contributed by atoms with Crippen molar-refractivity contribution in [1.29, 1.82) is 0 Å². The number of benzene rings is 1. The third-order valence-electron chi connectivity index (χ3n) is 3.61. The minimum Gasteiger partial charge on any atom is -0.478 e. The van der Waals surface area contributed by atoms with Gasteiger partial charge in [-0.1, -0.05) is 24.3 Å². The van der Waals surface area contributed by atoms with Gasteiger partial charge >= 0.3 is 5.97 Å². The van der Waals surface area contributed by atoms with Crippen LogP contribution in [0.4, 0.5) is 0 Å². The molecule has 0 saturated carbocycles. The lowest BCUT2D eigenvalue weighted by Crippen LogP contribution is -2.36. The fourth-order valence-electron chi connectivity index (χ4n) is 2.29. The quantitative estimate of drug-likeness (QED) is 0.812. The zero-order valence-electron chi connectivity index (χ0n) is 11.1. The van der Waals surface area contributed by atoms with E-state index in [0.717, 1.165) is 12.8 Å². The van der Waals surface area contributed by atoms with E-state index >= 15 is 0 Å². The summed E-state index contributed by atoms with van der Waals surface area (Å²) in [6.45, 7) is 2.99. The molecule has 4 heteroatoms. The van der Waals surface area contributed by atoms with Gasteiger partial charge in [-0.3, -0.25) is 4.79 Å². The molecule has 0 unspecified atom stereocenters. The fraction of sp³-hybridized carbons (Fsp3) is 0.333. The largest absolute Gasteiger partial charge is 0.478 e. The molecule has 2 rings (SSSR count). The maximum Gasteiger partial charge on any atom is 0.331 e. The molecule has 0 bridgehead atoms. The van der Waals surface area contributed by atoms with Crippen LogP contribution >= 0.6 is 0 Å². The molecule has 0 aromatic heterocycles. The van der Waals surface area contributed by atoms with Crippen molar-refractivity contribution in [2.45, 2.75) is 32.7 Å². The molecule has 4 nitrogen and oxygen atoms in total. The van der Waals surface area contributed by atoms with Gasteiger partial charge in [0.25, 0.3) is 0 Å². The second-order valence-electron chi connectivity index (χ2n) is 4.90. The van der Waals surface area contributed by atoms with E-state index in [1.165, 1.54) is 18.1 Å². The number of carboxylic acids is 1. The maximum atomic E-state index is 12.0. The van der Waals surface area contributed by atoms with Gasteiger partial charge in [0.2, 0.25) is 5.91 Å². The lowest BCUT2D eigenvalue weighted by atomic mass is 10.1. The molecule has 1 aromatic rings. The SMILES string of the molecule is C/C(C(=O)O)=C(/C)C(=O)NC1Cc2ccccc2C1. The molecule has 0 saturated heterocycles. The highest BCUT2D eigenvalue weighted by Crippen LogP contribution is 2.21. The molecular weight excluding hydrogens is 242 g/mol. The first kappa shape index (κ1) is 13.3. The van der Waals surface area contributed by atoms with Gasteiger partial charge in [-0.05, 0) is 37.8 Å². The van der Waals surface area contributed by atoms with Crippen LogP contribution in [0, 0.1) is 0 Å². The number of nitrogens with one attached hydrogen (secondary N) is 1. The van der Waals surface area contributed by atoms with Crippen LogP contribution in [-0.2, 0) is 22.4 Å². The second kappa shape index (κ2) is 5.26. The van der Waals surface area contributed by atoms with Crippen molar-refractivity contribution in [1.82, 2.24) is 5.32 Å². The van der Waals surface area contributed by atoms with Gasteiger partial charge < -0.3 is 10.4 Å². The molecule has 1 aliphatic carbocycles. The van der Waals surface area contributed by atoms with Gasteiger partial charge in [-0.15, -0.1) is 0 Å². The van der Waals surface area contributed by atoms with Crippen molar-refractivity contribution in [3.8, 4) is 0 Å². The Morgan fingerprint density at radius 1 is 1.11 bits per heavy atom. The zero-order chi connectivity index (χ0) is 14.0. The number of amides is 1. The van der Waals surface area contributed by atoms with E-state index in [4.69, 9.17) is 5.11 Å². The van der Waals surface area contributed by atoms with Crippen molar-refractivity contribution in [2.75, 3.05) is 0 Å². The highest BCUT2D eigenvalue weighted by molar-refractivity contribution is 6.01. The third-order valence-corrected chi connectivity index (χ3v) is 3.61. The summed E-state index contributed by atoms with van der Waals surface area (Å²) < 4.78 is 0. The summed E-state index contributed by atoms with van der Waals surface area (Å²) in [6.07, 6.45) is 1.61. The molecule has 0 atom stereocenters. The van der Waals surface area contributed by atoms with Crippen LogP contribution in [0.5, 0.6) is 0 Å². The molecule has 0 heterocycles. The standard InChI is InChI=1S/C15H17NO3/c1-9(10(2)15(18)19)14(17)16-13-7-11-5-3-4-6-12(11)8-13/h3-6,13H,7-8H2,1-2H3,(H,16,17)(H,18,19)/b10-9+. The van der Waals surface area contributed by atoms with Crippen molar-refractivity contribution in [3.05, 3.63) is 46.5 Å². The van der Waals surface area contributed by atoms with Crippen molar-refractivity contribution < 1.29 is 14.7 Å². The van der Waals surface area contributed by atoms with Crippen LogP contribution in [0.1, 0.15) is 25.0 Å². The molecule has 1 aromatic carbocycles. The smallest absolute Gasteiger partial charge is 0.331 e. The van der Waals surface area contributed by atoms with Crippen molar-refractivity contribution >= 4 is 11.9 Å². The van der Waals surface area contributed by atoms with Crippen molar-refractivity contribution in [3.63, 3.8) is 0 Å². The third kappa shape index (κ3) is 2.84. The lowest BCUT2D eigenvalue weighted by Gasteiger charge is -2.13. The normalized spacial score (nSPS) is 15.7. The maximum absolute atomic E-state index is 12.0.